The number of likely N-dealkylation sites (tertiary alicyclic amines) is 1. The van der Waals surface area contributed by atoms with Crippen molar-refractivity contribution in [1.29, 1.82) is 0 Å². The number of aryl methyl sites for hydroxylation is 1. The molecular weight excluding hydrogens is 394 g/mol. The Morgan fingerprint density at radius 2 is 1.70 bits per heavy atom. The zero-order chi connectivity index (χ0) is 21.0. The largest absolute Gasteiger partial charge is 0.324 e. The van der Waals surface area contributed by atoms with Crippen LogP contribution in [0.3, 0.4) is 0 Å². The number of hydrogen-bond donors (Lipinski definition) is 1. The Morgan fingerprint density at radius 3 is 2.43 bits per heavy atom. The third kappa shape index (κ3) is 4.38. The van der Waals surface area contributed by atoms with Gasteiger partial charge in [-0.1, -0.05) is 48.5 Å². The third-order valence-electron chi connectivity index (χ3n) is 5.88. The van der Waals surface area contributed by atoms with Crippen molar-refractivity contribution >= 4 is 35.5 Å². The molecular formula is C24H27N3O2S. The average Bonchev–Trinajstić information content (AvgIpc) is 3.18. The fourth-order valence-corrected chi connectivity index (χ4v) is 5.58. The van der Waals surface area contributed by atoms with Gasteiger partial charge in [0.15, 0.2) is 0 Å². The summed E-state index contributed by atoms with van der Waals surface area (Å²) < 4.78 is 0. The molecule has 4 rings (SSSR count). The lowest BCUT2D eigenvalue weighted by Crippen LogP contribution is -2.54. The van der Waals surface area contributed by atoms with Gasteiger partial charge < -0.3 is 15.1 Å². The number of nitrogens with zero attached hydrogens (tertiary/aromatic N) is 2. The summed E-state index contributed by atoms with van der Waals surface area (Å²) >= 11 is 1.86. The van der Waals surface area contributed by atoms with Crippen molar-refractivity contribution in [2.45, 2.75) is 24.6 Å². The fourth-order valence-electron chi connectivity index (χ4n) is 4.12. The zero-order valence-electron chi connectivity index (χ0n) is 17.2. The normalized spacial score (nSPS) is 18.2. The Labute approximate surface area is 182 Å². The van der Waals surface area contributed by atoms with Gasteiger partial charge in [0.05, 0.1) is 4.87 Å². The number of thioether (sulfide) groups is 1. The first kappa shape index (κ1) is 20.5. The highest BCUT2D eigenvalue weighted by Crippen LogP contribution is 2.44. The Balaban J connectivity index is 1.37. The number of anilines is 1. The third-order valence-corrected chi connectivity index (χ3v) is 7.43. The van der Waals surface area contributed by atoms with Gasteiger partial charge in [-0.15, -0.1) is 11.8 Å². The second kappa shape index (κ2) is 8.96. The second-order valence-electron chi connectivity index (χ2n) is 7.76. The minimum atomic E-state index is -0.197. The van der Waals surface area contributed by atoms with Crippen LogP contribution >= 0.6 is 11.8 Å². The van der Waals surface area contributed by atoms with Crippen LogP contribution in [0.4, 0.5) is 10.5 Å². The molecule has 156 valence electrons. The van der Waals surface area contributed by atoms with Gasteiger partial charge in [-0.05, 0) is 43.0 Å². The van der Waals surface area contributed by atoms with E-state index in [9.17, 15) is 9.59 Å². The number of nitrogens with one attached hydrogen (secondary N) is 1. The van der Waals surface area contributed by atoms with Crippen LogP contribution in [0.1, 0.15) is 24.0 Å². The molecule has 0 bridgehead atoms. The van der Waals surface area contributed by atoms with E-state index >= 15 is 0 Å². The van der Waals surface area contributed by atoms with E-state index < -0.39 is 0 Å². The SMILES string of the molecule is Cc1ccccc1NC(=O)N1CCC2(CC1)SCCN2C(=O)/C=C/c1ccccc1. The van der Waals surface area contributed by atoms with Gasteiger partial charge in [0.1, 0.15) is 0 Å². The summed E-state index contributed by atoms with van der Waals surface area (Å²) in [4.78, 5) is 29.3. The van der Waals surface area contributed by atoms with E-state index in [1.54, 1.807) is 6.08 Å². The van der Waals surface area contributed by atoms with E-state index in [1.165, 1.54) is 0 Å². The quantitative estimate of drug-likeness (QED) is 0.737. The zero-order valence-corrected chi connectivity index (χ0v) is 18.0. The van der Waals surface area contributed by atoms with E-state index in [0.29, 0.717) is 13.1 Å². The predicted octanol–water partition coefficient (Wildman–Crippen LogP) is 4.61. The monoisotopic (exact) mass is 421 g/mol. The summed E-state index contributed by atoms with van der Waals surface area (Å²) in [6, 6.07) is 17.6. The Kier molecular flexibility index (Phi) is 6.13. The van der Waals surface area contributed by atoms with E-state index in [1.807, 2.05) is 89.2 Å². The lowest BCUT2D eigenvalue weighted by Gasteiger charge is -2.43. The molecule has 0 aliphatic carbocycles. The van der Waals surface area contributed by atoms with Gasteiger partial charge in [-0.2, -0.15) is 0 Å². The van der Waals surface area contributed by atoms with Crippen molar-refractivity contribution in [2.75, 3.05) is 30.7 Å². The maximum atomic E-state index is 12.9. The van der Waals surface area contributed by atoms with Crippen molar-refractivity contribution in [1.82, 2.24) is 9.80 Å². The van der Waals surface area contributed by atoms with Gasteiger partial charge in [-0.3, -0.25) is 4.79 Å². The van der Waals surface area contributed by atoms with Crippen molar-refractivity contribution in [3.63, 3.8) is 0 Å². The molecule has 0 radical (unpaired) electrons. The van der Waals surface area contributed by atoms with Gasteiger partial charge in [0.2, 0.25) is 5.91 Å². The molecule has 3 amide bonds. The first-order chi connectivity index (χ1) is 14.6. The number of benzene rings is 2. The molecule has 2 heterocycles. The smallest absolute Gasteiger partial charge is 0.321 e. The van der Waals surface area contributed by atoms with E-state index in [0.717, 1.165) is 42.0 Å². The van der Waals surface area contributed by atoms with Crippen molar-refractivity contribution in [2.24, 2.45) is 0 Å². The number of carbonyl (C=O) groups is 2. The minimum absolute atomic E-state index is 0.0571. The average molecular weight is 422 g/mol. The molecule has 0 saturated carbocycles. The van der Waals surface area contributed by atoms with Crippen LogP contribution in [0.15, 0.2) is 60.7 Å². The molecule has 5 nitrogen and oxygen atoms in total. The highest BCUT2D eigenvalue weighted by atomic mass is 32.2. The molecule has 1 N–H and O–H groups in total. The van der Waals surface area contributed by atoms with Gasteiger partial charge in [0, 0.05) is 37.2 Å². The number of rotatable bonds is 3. The van der Waals surface area contributed by atoms with Crippen LogP contribution in [-0.2, 0) is 4.79 Å². The van der Waals surface area contributed by atoms with Crippen LogP contribution in [0, 0.1) is 6.92 Å². The number of amides is 3. The number of hydrogen-bond acceptors (Lipinski definition) is 3. The van der Waals surface area contributed by atoms with Crippen LogP contribution in [0.5, 0.6) is 0 Å². The number of carbonyl (C=O) groups excluding carboxylic acids is 2. The molecule has 0 unspecified atom stereocenters. The Hall–Kier alpha value is -2.73. The first-order valence-corrected chi connectivity index (χ1v) is 11.4. The number of piperidine rings is 1. The summed E-state index contributed by atoms with van der Waals surface area (Å²) in [5, 5.41) is 3.02. The molecule has 2 aliphatic heterocycles. The molecule has 2 aromatic carbocycles. The molecule has 1 spiro atoms. The van der Waals surface area contributed by atoms with Gasteiger partial charge >= 0.3 is 6.03 Å². The molecule has 0 aromatic heterocycles. The first-order valence-electron chi connectivity index (χ1n) is 10.4. The molecule has 6 heteroatoms. The lowest BCUT2D eigenvalue weighted by atomic mass is 10.0. The summed E-state index contributed by atoms with van der Waals surface area (Å²) in [7, 11) is 0. The molecule has 30 heavy (non-hydrogen) atoms. The summed E-state index contributed by atoms with van der Waals surface area (Å²) in [5.74, 6) is 1.00. The van der Waals surface area contributed by atoms with E-state index in [4.69, 9.17) is 0 Å². The van der Waals surface area contributed by atoms with Crippen LogP contribution in [-0.4, -0.2) is 52.0 Å². The Bertz CT molecular complexity index is 936. The molecule has 2 saturated heterocycles. The van der Waals surface area contributed by atoms with Crippen LogP contribution < -0.4 is 5.32 Å². The van der Waals surface area contributed by atoms with Crippen LogP contribution in [0.25, 0.3) is 6.08 Å². The molecule has 2 fully saturated rings. The lowest BCUT2D eigenvalue weighted by molar-refractivity contribution is -0.129. The van der Waals surface area contributed by atoms with Gasteiger partial charge in [-0.25, -0.2) is 4.79 Å². The summed E-state index contributed by atoms with van der Waals surface area (Å²) in [6.45, 7) is 4.05. The topological polar surface area (TPSA) is 52.7 Å². The second-order valence-corrected chi connectivity index (χ2v) is 9.22. The van der Waals surface area contributed by atoms with E-state index in [2.05, 4.69) is 5.32 Å². The predicted molar refractivity (Wildman–Crippen MR) is 123 cm³/mol. The molecule has 0 atom stereocenters. The highest BCUT2D eigenvalue weighted by molar-refractivity contribution is 8.00. The molecule has 2 aliphatic rings. The molecule has 2 aromatic rings. The van der Waals surface area contributed by atoms with E-state index in [-0.39, 0.29) is 16.8 Å². The summed E-state index contributed by atoms with van der Waals surface area (Å²) in [6.07, 6.45) is 5.15. The van der Waals surface area contributed by atoms with Crippen molar-refractivity contribution in [3.8, 4) is 0 Å². The minimum Gasteiger partial charge on any atom is -0.324 e. The fraction of sp³-hybridized carbons (Fsp3) is 0.333. The van der Waals surface area contributed by atoms with Crippen molar-refractivity contribution < 1.29 is 9.59 Å². The highest BCUT2D eigenvalue weighted by Gasteiger charge is 2.46. The maximum Gasteiger partial charge on any atom is 0.321 e. The maximum absolute atomic E-state index is 12.9. The van der Waals surface area contributed by atoms with Gasteiger partial charge in [0.25, 0.3) is 0 Å². The standard InChI is InChI=1S/C24H27N3O2S/c1-19-7-5-6-10-21(19)25-23(29)26-15-13-24(14-16-26)27(17-18-30-24)22(28)12-11-20-8-3-2-4-9-20/h2-12H,13-18H2,1H3,(H,25,29)/b12-11+. The summed E-state index contributed by atoms with van der Waals surface area (Å²) in [5.41, 5.74) is 2.92. The number of urea groups is 1. The Morgan fingerprint density at radius 1 is 1.00 bits per heavy atom. The van der Waals surface area contributed by atoms with Crippen LogP contribution in [0.2, 0.25) is 0 Å². The number of para-hydroxylation sites is 1. The van der Waals surface area contributed by atoms with Crippen molar-refractivity contribution in [3.05, 3.63) is 71.8 Å².